The molecule has 0 bridgehead atoms. The lowest BCUT2D eigenvalue weighted by atomic mass is 10.5. The fraction of sp³-hybridized carbons (Fsp3) is 0.500. The summed E-state index contributed by atoms with van der Waals surface area (Å²) in [5.41, 5.74) is 0. The Balaban J connectivity index is 3.11. The van der Waals surface area contributed by atoms with Crippen LogP contribution in [0.15, 0.2) is 23.0 Å². The van der Waals surface area contributed by atoms with Gasteiger partial charge in [0.15, 0.2) is 0 Å². The first-order valence-corrected chi connectivity index (χ1v) is 4.53. The van der Waals surface area contributed by atoms with Crippen LogP contribution in [0.3, 0.4) is 0 Å². The van der Waals surface area contributed by atoms with Crippen LogP contribution in [0, 0.1) is 0 Å². The highest BCUT2D eigenvalue weighted by Crippen LogP contribution is 2.04. The molecule has 2 N–H and O–H groups in total. The topological polar surface area (TPSA) is 40.5 Å². The summed E-state index contributed by atoms with van der Waals surface area (Å²) in [7, 11) is 0. The Hall–Kier alpha value is -0.250. The van der Waals surface area contributed by atoms with E-state index in [4.69, 9.17) is 10.2 Å². The second-order valence-electron chi connectivity index (χ2n) is 1.90. The maximum atomic E-state index is 8.40. The van der Waals surface area contributed by atoms with Gasteiger partial charge in [0.05, 0.1) is 0 Å². The standard InChI is InChI=1S/C8H14O2S/c9-5-1-3-7-11-8-4-2-6-10/h3-4,7-10H,1-2,5-6H2. The molecule has 0 rings (SSSR count). The summed E-state index contributed by atoms with van der Waals surface area (Å²) < 4.78 is 0. The zero-order valence-corrected chi connectivity index (χ0v) is 7.26. The Kier molecular flexibility index (Phi) is 9.53. The van der Waals surface area contributed by atoms with Gasteiger partial charge in [-0.25, -0.2) is 0 Å². The van der Waals surface area contributed by atoms with Crippen LogP contribution < -0.4 is 0 Å². The molecule has 3 heteroatoms. The average Bonchev–Trinajstić information content (AvgIpc) is 2.03. The molecule has 0 aromatic carbocycles. The molecule has 0 radical (unpaired) electrons. The average molecular weight is 174 g/mol. The van der Waals surface area contributed by atoms with E-state index in [-0.39, 0.29) is 13.2 Å². The first-order valence-electron chi connectivity index (χ1n) is 3.59. The van der Waals surface area contributed by atoms with Crippen LogP contribution in [-0.2, 0) is 0 Å². The highest BCUT2D eigenvalue weighted by Gasteiger charge is 1.74. The molecule has 0 heterocycles. The first kappa shape index (κ1) is 10.8. The van der Waals surface area contributed by atoms with E-state index in [1.165, 1.54) is 0 Å². The van der Waals surface area contributed by atoms with Crippen LogP contribution in [-0.4, -0.2) is 23.4 Å². The fourth-order valence-corrected chi connectivity index (χ4v) is 1.03. The van der Waals surface area contributed by atoms with Gasteiger partial charge in [-0.3, -0.25) is 0 Å². The van der Waals surface area contributed by atoms with Crippen molar-refractivity contribution in [2.75, 3.05) is 13.2 Å². The Morgan fingerprint density at radius 1 is 0.909 bits per heavy atom. The van der Waals surface area contributed by atoms with Gasteiger partial charge in [0.25, 0.3) is 0 Å². The number of hydrogen-bond donors (Lipinski definition) is 2. The SMILES string of the molecule is OCCC=CSC=CCCO. The summed E-state index contributed by atoms with van der Waals surface area (Å²) >= 11 is 1.55. The van der Waals surface area contributed by atoms with Crippen molar-refractivity contribution >= 4 is 11.8 Å². The molecule has 0 aromatic heterocycles. The molecule has 0 aliphatic heterocycles. The molecular weight excluding hydrogens is 160 g/mol. The lowest BCUT2D eigenvalue weighted by Crippen LogP contribution is -1.74. The third-order valence-corrected chi connectivity index (χ3v) is 1.64. The van der Waals surface area contributed by atoms with Crippen molar-refractivity contribution in [3.05, 3.63) is 23.0 Å². The zero-order chi connectivity index (χ0) is 8.36. The Morgan fingerprint density at radius 2 is 1.36 bits per heavy atom. The number of aliphatic hydroxyl groups is 2. The van der Waals surface area contributed by atoms with Gasteiger partial charge in [-0.15, -0.1) is 11.8 Å². The molecule has 0 unspecified atom stereocenters. The fourth-order valence-electron chi connectivity index (χ4n) is 0.442. The van der Waals surface area contributed by atoms with Gasteiger partial charge < -0.3 is 10.2 Å². The minimum absolute atomic E-state index is 0.206. The van der Waals surface area contributed by atoms with E-state index in [2.05, 4.69) is 0 Å². The van der Waals surface area contributed by atoms with E-state index in [1.54, 1.807) is 11.8 Å². The molecule has 0 saturated heterocycles. The summed E-state index contributed by atoms with van der Waals surface area (Å²) in [5, 5.41) is 20.6. The largest absolute Gasteiger partial charge is 0.396 e. The molecule has 0 atom stereocenters. The lowest BCUT2D eigenvalue weighted by Gasteiger charge is -1.84. The quantitative estimate of drug-likeness (QED) is 0.641. The van der Waals surface area contributed by atoms with Gasteiger partial charge >= 0.3 is 0 Å². The number of rotatable bonds is 6. The minimum atomic E-state index is 0.206. The molecule has 64 valence electrons. The van der Waals surface area contributed by atoms with Crippen LogP contribution in [0.1, 0.15) is 12.8 Å². The van der Waals surface area contributed by atoms with E-state index < -0.39 is 0 Å². The normalized spacial score (nSPS) is 11.8. The van der Waals surface area contributed by atoms with Gasteiger partial charge in [-0.05, 0) is 23.7 Å². The van der Waals surface area contributed by atoms with Crippen molar-refractivity contribution in [1.82, 2.24) is 0 Å². The molecule has 2 nitrogen and oxygen atoms in total. The first-order chi connectivity index (χ1) is 5.41. The van der Waals surface area contributed by atoms with E-state index in [0.717, 1.165) is 0 Å². The van der Waals surface area contributed by atoms with Crippen molar-refractivity contribution in [2.24, 2.45) is 0 Å². The maximum absolute atomic E-state index is 8.40. The van der Waals surface area contributed by atoms with Crippen molar-refractivity contribution in [2.45, 2.75) is 12.8 Å². The predicted molar refractivity (Wildman–Crippen MR) is 49.3 cm³/mol. The summed E-state index contributed by atoms with van der Waals surface area (Å²) in [6, 6.07) is 0. The number of thioether (sulfide) groups is 1. The van der Waals surface area contributed by atoms with E-state index in [0.29, 0.717) is 12.8 Å². The van der Waals surface area contributed by atoms with E-state index in [1.807, 2.05) is 23.0 Å². The Morgan fingerprint density at radius 3 is 1.73 bits per heavy atom. The number of hydrogen-bond acceptors (Lipinski definition) is 3. The second-order valence-corrected chi connectivity index (χ2v) is 2.72. The van der Waals surface area contributed by atoms with Crippen LogP contribution in [0.25, 0.3) is 0 Å². The van der Waals surface area contributed by atoms with Crippen molar-refractivity contribution in [1.29, 1.82) is 0 Å². The molecule has 0 amide bonds. The third kappa shape index (κ3) is 9.75. The smallest absolute Gasteiger partial charge is 0.0465 e. The van der Waals surface area contributed by atoms with Gasteiger partial charge in [0.1, 0.15) is 0 Å². The summed E-state index contributed by atoms with van der Waals surface area (Å²) in [5.74, 6) is 0. The van der Waals surface area contributed by atoms with E-state index in [9.17, 15) is 0 Å². The monoisotopic (exact) mass is 174 g/mol. The maximum Gasteiger partial charge on any atom is 0.0465 e. The molecule has 0 aromatic rings. The molecule has 0 spiro atoms. The highest BCUT2D eigenvalue weighted by molar-refractivity contribution is 8.04. The minimum Gasteiger partial charge on any atom is -0.396 e. The van der Waals surface area contributed by atoms with Crippen LogP contribution in [0.2, 0.25) is 0 Å². The van der Waals surface area contributed by atoms with Crippen molar-refractivity contribution in [3.8, 4) is 0 Å². The molecular formula is C8H14O2S. The number of aliphatic hydroxyl groups excluding tert-OH is 2. The summed E-state index contributed by atoms with van der Waals surface area (Å²) in [4.78, 5) is 0. The van der Waals surface area contributed by atoms with Crippen LogP contribution >= 0.6 is 11.8 Å². The molecule has 0 aliphatic carbocycles. The van der Waals surface area contributed by atoms with Gasteiger partial charge in [0.2, 0.25) is 0 Å². The molecule has 11 heavy (non-hydrogen) atoms. The van der Waals surface area contributed by atoms with Crippen LogP contribution in [0.4, 0.5) is 0 Å². The molecule has 0 aliphatic rings. The summed E-state index contributed by atoms with van der Waals surface area (Å²) in [6.45, 7) is 0.412. The predicted octanol–water partition coefficient (Wildman–Crippen LogP) is 1.51. The summed E-state index contributed by atoms with van der Waals surface area (Å²) in [6.07, 6.45) is 5.24. The third-order valence-electron chi connectivity index (χ3n) is 0.941. The van der Waals surface area contributed by atoms with Crippen molar-refractivity contribution < 1.29 is 10.2 Å². The Labute approximate surface area is 71.6 Å². The molecule has 0 saturated carbocycles. The Bertz CT molecular complexity index is 107. The zero-order valence-electron chi connectivity index (χ0n) is 6.44. The van der Waals surface area contributed by atoms with Gasteiger partial charge in [-0.2, -0.15) is 0 Å². The van der Waals surface area contributed by atoms with Crippen LogP contribution in [0.5, 0.6) is 0 Å². The highest BCUT2D eigenvalue weighted by atomic mass is 32.2. The van der Waals surface area contributed by atoms with E-state index >= 15 is 0 Å². The lowest BCUT2D eigenvalue weighted by molar-refractivity contribution is 0.302. The van der Waals surface area contributed by atoms with Gasteiger partial charge in [0, 0.05) is 13.2 Å². The second kappa shape index (κ2) is 9.75. The van der Waals surface area contributed by atoms with Gasteiger partial charge in [-0.1, -0.05) is 12.2 Å². The molecule has 0 fully saturated rings. The van der Waals surface area contributed by atoms with Crippen molar-refractivity contribution in [3.63, 3.8) is 0 Å².